The van der Waals surface area contributed by atoms with Crippen molar-refractivity contribution in [3.05, 3.63) is 35.4 Å². The van der Waals surface area contributed by atoms with E-state index in [0.717, 1.165) is 62.5 Å². The topological polar surface area (TPSA) is 98.7 Å². The maximum Gasteiger partial charge on any atom is 0.220 e. The minimum absolute atomic E-state index is 0.0961. The average molecular weight is 701 g/mol. The molecule has 2 unspecified atom stereocenters. The molecular weight excluding hydrogens is 620 g/mol. The zero-order valence-corrected chi connectivity index (χ0v) is 32.8. The van der Waals surface area contributed by atoms with E-state index in [0.29, 0.717) is 25.9 Å². The second-order valence-electron chi connectivity index (χ2n) is 15.1. The Bertz CT molecular complexity index is 833. The molecule has 1 aromatic rings. The number of aliphatic hydroxyl groups is 2. The van der Waals surface area contributed by atoms with Crippen LogP contribution in [-0.2, 0) is 22.7 Å². The van der Waals surface area contributed by atoms with Crippen LogP contribution < -0.4 is 10.6 Å². The lowest BCUT2D eigenvalue weighted by molar-refractivity contribution is -0.122. The van der Waals surface area contributed by atoms with Gasteiger partial charge < -0.3 is 20.8 Å². The summed E-state index contributed by atoms with van der Waals surface area (Å²) >= 11 is 0. The summed E-state index contributed by atoms with van der Waals surface area (Å²) in [6.45, 7) is 5.21. The van der Waals surface area contributed by atoms with Gasteiger partial charge >= 0.3 is 0 Å². The molecular formula is C44H80N2O4. The zero-order valence-electron chi connectivity index (χ0n) is 32.8. The molecule has 290 valence electrons. The van der Waals surface area contributed by atoms with E-state index < -0.39 is 0 Å². The van der Waals surface area contributed by atoms with Gasteiger partial charge in [0, 0.05) is 25.9 Å². The minimum Gasteiger partial charge on any atom is -0.393 e. The first-order valence-corrected chi connectivity index (χ1v) is 21.4. The highest BCUT2D eigenvalue weighted by molar-refractivity contribution is 5.76. The molecule has 0 aliphatic carbocycles. The van der Waals surface area contributed by atoms with Crippen LogP contribution in [0.15, 0.2) is 24.3 Å². The van der Waals surface area contributed by atoms with Crippen molar-refractivity contribution in [2.75, 3.05) is 0 Å². The van der Waals surface area contributed by atoms with E-state index in [1.54, 1.807) is 0 Å². The normalized spacial score (nSPS) is 12.6. The molecule has 1 rings (SSSR count). The Morgan fingerprint density at radius 2 is 0.680 bits per heavy atom. The molecule has 4 N–H and O–H groups in total. The van der Waals surface area contributed by atoms with Gasteiger partial charge in [-0.05, 0) is 49.7 Å². The van der Waals surface area contributed by atoms with Crippen molar-refractivity contribution in [1.29, 1.82) is 0 Å². The maximum atomic E-state index is 12.3. The highest BCUT2D eigenvalue weighted by Crippen LogP contribution is 2.16. The molecule has 0 fully saturated rings. The van der Waals surface area contributed by atoms with E-state index in [4.69, 9.17) is 0 Å². The SMILES string of the molecule is CCC(O)CCCCCCCCCCCCCCC(=O)NCc1ccc(CNC(=O)CCCCCCCCCCCCCCC(O)CC)cc1. The number of aliphatic hydroxyl groups excluding tert-OH is 2. The fraction of sp³-hybridized carbons (Fsp3) is 0.818. The van der Waals surface area contributed by atoms with Crippen molar-refractivity contribution in [1.82, 2.24) is 10.6 Å². The zero-order chi connectivity index (χ0) is 36.3. The van der Waals surface area contributed by atoms with Crippen LogP contribution in [0.5, 0.6) is 0 Å². The number of benzene rings is 1. The second-order valence-corrected chi connectivity index (χ2v) is 15.1. The maximum absolute atomic E-state index is 12.3. The van der Waals surface area contributed by atoms with E-state index in [1.165, 1.54) is 128 Å². The van der Waals surface area contributed by atoms with Crippen molar-refractivity contribution in [2.24, 2.45) is 0 Å². The standard InChI is InChI=1S/C44H80N2O4/c1-3-41(47)29-25-21-17-13-9-5-7-11-15-19-23-27-31-43(49)45-37-39-33-35-40(36-34-39)38-46-44(50)32-28-24-20-16-12-8-6-10-14-18-22-26-30-42(48)4-2/h33-36,41-42,47-48H,3-32,37-38H2,1-2H3,(H,45,49)(H,46,50). The smallest absolute Gasteiger partial charge is 0.220 e. The summed E-state index contributed by atoms with van der Waals surface area (Å²) in [5.74, 6) is 0.264. The van der Waals surface area contributed by atoms with Gasteiger partial charge in [0.1, 0.15) is 0 Å². The number of carbonyl (C=O) groups excluding carboxylic acids is 2. The average Bonchev–Trinajstić information content (AvgIpc) is 3.13. The summed E-state index contributed by atoms with van der Waals surface area (Å²) in [6.07, 6.45) is 34.6. The van der Waals surface area contributed by atoms with Crippen molar-refractivity contribution < 1.29 is 19.8 Å². The third kappa shape index (κ3) is 29.8. The molecule has 0 saturated heterocycles. The summed E-state index contributed by atoms with van der Waals surface area (Å²) in [6, 6.07) is 8.17. The first kappa shape index (κ1) is 46.1. The molecule has 2 amide bonds. The van der Waals surface area contributed by atoms with E-state index >= 15 is 0 Å². The van der Waals surface area contributed by atoms with E-state index in [2.05, 4.69) is 10.6 Å². The van der Waals surface area contributed by atoms with Gasteiger partial charge in [0.2, 0.25) is 11.8 Å². The fourth-order valence-corrected chi connectivity index (χ4v) is 6.63. The lowest BCUT2D eigenvalue weighted by atomic mass is 10.0. The van der Waals surface area contributed by atoms with Gasteiger partial charge in [0.15, 0.2) is 0 Å². The van der Waals surface area contributed by atoms with Crippen LogP contribution in [0, 0.1) is 0 Å². The number of carbonyl (C=O) groups is 2. The predicted molar refractivity (Wildman–Crippen MR) is 212 cm³/mol. The number of rotatable bonds is 36. The highest BCUT2D eigenvalue weighted by atomic mass is 16.3. The minimum atomic E-state index is -0.0961. The van der Waals surface area contributed by atoms with Crippen molar-refractivity contribution >= 4 is 11.8 Å². The molecule has 0 bridgehead atoms. The predicted octanol–water partition coefficient (Wildman–Crippen LogP) is 11.4. The molecule has 6 nitrogen and oxygen atoms in total. The van der Waals surface area contributed by atoms with Gasteiger partial charge in [-0.2, -0.15) is 0 Å². The first-order chi connectivity index (χ1) is 24.4. The molecule has 50 heavy (non-hydrogen) atoms. The van der Waals surface area contributed by atoms with Gasteiger partial charge in [0.05, 0.1) is 12.2 Å². The Morgan fingerprint density at radius 3 is 0.940 bits per heavy atom. The number of hydrogen-bond donors (Lipinski definition) is 4. The molecule has 0 spiro atoms. The lowest BCUT2D eigenvalue weighted by Crippen LogP contribution is -2.23. The van der Waals surface area contributed by atoms with Crippen LogP contribution in [0.3, 0.4) is 0 Å². The molecule has 0 aromatic heterocycles. The molecule has 0 heterocycles. The first-order valence-electron chi connectivity index (χ1n) is 21.4. The third-order valence-corrected chi connectivity index (χ3v) is 10.3. The Labute approximate surface area is 308 Å². The quantitative estimate of drug-likeness (QED) is 0.0524. The van der Waals surface area contributed by atoms with E-state index in [9.17, 15) is 19.8 Å². The number of amides is 2. The Balaban J connectivity index is 1.90. The molecule has 2 atom stereocenters. The van der Waals surface area contributed by atoms with Gasteiger partial charge in [-0.15, -0.1) is 0 Å². The van der Waals surface area contributed by atoms with Gasteiger partial charge in [-0.3, -0.25) is 9.59 Å². The monoisotopic (exact) mass is 701 g/mol. The van der Waals surface area contributed by atoms with Crippen molar-refractivity contribution in [3.8, 4) is 0 Å². The van der Waals surface area contributed by atoms with E-state index in [1.807, 2.05) is 38.1 Å². The molecule has 0 saturated carbocycles. The van der Waals surface area contributed by atoms with Crippen LogP contribution in [0.4, 0.5) is 0 Å². The summed E-state index contributed by atoms with van der Waals surface area (Å²) in [5, 5.41) is 25.3. The van der Waals surface area contributed by atoms with Crippen LogP contribution in [0.25, 0.3) is 0 Å². The number of hydrogen-bond acceptors (Lipinski definition) is 4. The fourth-order valence-electron chi connectivity index (χ4n) is 6.63. The van der Waals surface area contributed by atoms with Crippen molar-refractivity contribution in [2.45, 2.75) is 232 Å². The summed E-state index contributed by atoms with van der Waals surface area (Å²) in [4.78, 5) is 24.6. The number of unbranched alkanes of at least 4 members (excludes halogenated alkanes) is 22. The van der Waals surface area contributed by atoms with Crippen LogP contribution in [-0.4, -0.2) is 34.2 Å². The second kappa shape index (κ2) is 34.2. The van der Waals surface area contributed by atoms with E-state index in [-0.39, 0.29) is 24.0 Å². The van der Waals surface area contributed by atoms with Crippen LogP contribution >= 0.6 is 0 Å². The lowest BCUT2D eigenvalue weighted by Gasteiger charge is -2.08. The molecule has 0 aliphatic heterocycles. The van der Waals surface area contributed by atoms with Gasteiger partial charge in [-0.25, -0.2) is 0 Å². The molecule has 0 aliphatic rings. The Kier molecular flexibility index (Phi) is 31.5. The summed E-state index contributed by atoms with van der Waals surface area (Å²) < 4.78 is 0. The summed E-state index contributed by atoms with van der Waals surface area (Å²) in [5.41, 5.74) is 2.17. The molecule has 6 heteroatoms. The highest BCUT2D eigenvalue weighted by Gasteiger charge is 2.05. The van der Waals surface area contributed by atoms with Gasteiger partial charge in [-0.1, -0.05) is 179 Å². The largest absolute Gasteiger partial charge is 0.393 e. The number of nitrogens with one attached hydrogen (secondary N) is 2. The van der Waals surface area contributed by atoms with Crippen molar-refractivity contribution in [3.63, 3.8) is 0 Å². The molecule has 1 aromatic carbocycles. The summed E-state index contributed by atoms with van der Waals surface area (Å²) in [7, 11) is 0. The third-order valence-electron chi connectivity index (χ3n) is 10.3. The Morgan fingerprint density at radius 1 is 0.440 bits per heavy atom. The molecule has 0 radical (unpaired) electrons. The van der Waals surface area contributed by atoms with Crippen LogP contribution in [0.1, 0.15) is 218 Å². The van der Waals surface area contributed by atoms with Crippen LogP contribution in [0.2, 0.25) is 0 Å². The van der Waals surface area contributed by atoms with Gasteiger partial charge in [0.25, 0.3) is 0 Å². The Hall–Kier alpha value is -1.92.